The minimum Gasteiger partial charge on any atom is -0.338 e. The topological polar surface area (TPSA) is 67.2 Å². The molecule has 1 aromatic heterocycles. The van der Waals surface area contributed by atoms with Crippen LogP contribution in [0.25, 0.3) is 0 Å². The first-order valence-electron chi connectivity index (χ1n) is 6.72. The number of hydrogen-bond donors (Lipinski definition) is 2. The number of hydrogen-bond acceptors (Lipinski definition) is 4. The van der Waals surface area contributed by atoms with E-state index >= 15 is 0 Å². The second kappa shape index (κ2) is 6.49. The van der Waals surface area contributed by atoms with E-state index in [-0.39, 0.29) is 17.8 Å². The molecular weight excluding hydrogens is 273 g/mol. The fraction of sp³-hybridized carbons (Fsp3) is 0.333. The fourth-order valence-electron chi connectivity index (χ4n) is 2.02. The minimum atomic E-state index is -0.509. The molecule has 0 saturated heterocycles. The van der Waals surface area contributed by atoms with E-state index in [1.807, 2.05) is 0 Å². The summed E-state index contributed by atoms with van der Waals surface area (Å²) in [6.45, 7) is 5.28. The maximum absolute atomic E-state index is 13.7. The van der Waals surface area contributed by atoms with Gasteiger partial charge in [0.25, 0.3) is 0 Å². The van der Waals surface area contributed by atoms with Crippen LogP contribution in [0.2, 0.25) is 0 Å². The minimum absolute atomic E-state index is 0.269. The molecule has 6 heteroatoms. The third-order valence-corrected chi connectivity index (χ3v) is 3.14. The van der Waals surface area contributed by atoms with E-state index in [0.717, 1.165) is 0 Å². The van der Waals surface area contributed by atoms with Crippen molar-refractivity contribution < 1.29 is 13.7 Å². The number of rotatable bonds is 5. The summed E-state index contributed by atoms with van der Waals surface area (Å²) in [5, 5.41) is 9.35. The summed E-state index contributed by atoms with van der Waals surface area (Å²) in [6.07, 6.45) is 0. The van der Waals surface area contributed by atoms with Gasteiger partial charge < -0.3 is 4.52 Å². The molecule has 2 atom stereocenters. The Morgan fingerprint density at radius 1 is 1.33 bits per heavy atom. The Morgan fingerprint density at radius 2 is 2.05 bits per heavy atom. The van der Waals surface area contributed by atoms with Crippen LogP contribution in [0.15, 0.2) is 34.9 Å². The van der Waals surface area contributed by atoms with E-state index in [1.54, 1.807) is 45.0 Å². The van der Waals surface area contributed by atoms with Crippen molar-refractivity contribution in [3.8, 4) is 0 Å². The molecule has 112 valence electrons. The molecule has 2 N–H and O–H groups in total. The first-order valence-corrected chi connectivity index (χ1v) is 6.72. The SMILES string of the molecule is Cc1cc(NC(=O)[C@@H](C)N[C@@H](C)c2ccccc2F)on1. The molecule has 0 bridgehead atoms. The molecular formula is C15H18FN3O2. The number of amides is 1. The summed E-state index contributed by atoms with van der Waals surface area (Å²) in [6, 6.07) is 7.32. The lowest BCUT2D eigenvalue weighted by Crippen LogP contribution is -2.39. The van der Waals surface area contributed by atoms with Crippen molar-refractivity contribution in [1.82, 2.24) is 10.5 Å². The number of benzene rings is 1. The van der Waals surface area contributed by atoms with Crippen molar-refractivity contribution in [2.75, 3.05) is 5.32 Å². The van der Waals surface area contributed by atoms with Gasteiger partial charge in [-0.05, 0) is 26.8 Å². The Balaban J connectivity index is 1.96. The molecule has 2 aromatic rings. The van der Waals surface area contributed by atoms with Crippen LogP contribution >= 0.6 is 0 Å². The van der Waals surface area contributed by atoms with Gasteiger partial charge in [0, 0.05) is 17.7 Å². The Morgan fingerprint density at radius 3 is 2.67 bits per heavy atom. The number of nitrogens with one attached hydrogen (secondary N) is 2. The van der Waals surface area contributed by atoms with Crippen LogP contribution in [0, 0.1) is 12.7 Å². The maximum Gasteiger partial charge on any atom is 0.243 e. The smallest absolute Gasteiger partial charge is 0.243 e. The van der Waals surface area contributed by atoms with Gasteiger partial charge in [0.15, 0.2) is 0 Å². The predicted octanol–water partition coefficient (Wildman–Crippen LogP) is 2.80. The van der Waals surface area contributed by atoms with Crippen molar-refractivity contribution in [1.29, 1.82) is 0 Å². The molecule has 5 nitrogen and oxygen atoms in total. The molecule has 0 radical (unpaired) electrons. The van der Waals surface area contributed by atoms with Gasteiger partial charge in [-0.15, -0.1) is 0 Å². The van der Waals surface area contributed by atoms with Gasteiger partial charge in [0.1, 0.15) is 5.82 Å². The zero-order valence-electron chi connectivity index (χ0n) is 12.2. The lowest BCUT2D eigenvalue weighted by atomic mass is 10.1. The normalized spacial score (nSPS) is 13.7. The van der Waals surface area contributed by atoms with Crippen molar-refractivity contribution in [2.24, 2.45) is 0 Å². The Bertz CT molecular complexity index is 627. The quantitative estimate of drug-likeness (QED) is 0.889. The first-order chi connectivity index (χ1) is 9.97. The first kappa shape index (κ1) is 15.2. The van der Waals surface area contributed by atoms with E-state index in [2.05, 4.69) is 15.8 Å². The highest BCUT2D eigenvalue weighted by atomic mass is 19.1. The molecule has 0 spiro atoms. The van der Waals surface area contributed by atoms with Gasteiger partial charge in [-0.2, -0.15) is 0 Å². The molecule has 1 aromatic carbocycles. The van der Waals surface area contributed by atoms with Crippen LogP contribution in [-0.2, 0) is 4.79 Å². The molecule has 0 saturated carbocycles. The Labute approximate surface area is 122 Å². The van der Waals surface area contributed by atoms with Gasteiger partial charge in [0.05, 0.1) is 11.7 Å². The van der Waals surface area contributed by atoms with Gasteiger partial charge >= 0.3 is 0 Å². The second-order valence-electron chi connectivity index (χ2n) is 4.95. The number of carbonyl (C=O) groups is 1. The van der Waals surface area contributed by atoms with Crippen LogP contribution in [-0.4, -0.2) is 17.1 Å². The van der Waals surface area contributed by atoms with Crippen LogP contribution in [0.3, 0.4) is 0 Å². The van der Waals surface area contributed by atoms with Gasteiger partial charge in [-0.25, -0.2) is 4.39 Å². The standard InChI is InChI=1S/C15H18FN3O2/c1-9-8-14(21-19-9)18-15(20)11(3)17-10(2)12-6-4-5-7-13(12)16/h4-8,10-11,17H,1-3H3,(H,18,20)/t10-,11+/m0/s1. The van der Waals surface area contributed by atoms with Crippen LogP contribution in [0.5, 0.6) is 0 Å². The van der Waals surface area contributed by atoms with Crippen molar-refractivity contribution >= 4 is 11.8 Å². The molecule has 0 fully saturated rings. The van der Waals surface area contributed by atoms with Gasteiger partial charge in [0.2, 0.25) is 11.8 Å². The molecule has 1 heterocycles. The summed E-state index contributed by atoms with van der Waals surface area (Å²) in [5.41, 5.74) is 1.21. The second-order valence-corrected chi connectivity index (χ2v) is 4.95. The van der Waals surface area contributed by atoms with Crippen molar-refractivity contribution in [2.45, 2.75) is 32.9 Å². The summed E-state index contributed by atoms with van der Waals surface area (Å²) in [4.78, 5) is 12.0. The zero-order chi connectivity index (χ0) is 15.4. The van der Waals surface area contributed by atoms with Gasteiger partial charge in [-0.3, -0.25) is 15.4 Å². The lowest BCUT2D eigenvalue weighted by Gasteiger charge is -2.19. The Kier molecular flexibility index (Phi) is 4.70. The fourth-order valence-corrected chi connectivity index (χ4v) is 2.02. The van der Waals surface area contributed by atoms with E-state index in [1.165, 1.54) is 6.07 Å². The van der Waals surface area contributed by atoms with Crippen LogP contribution in [0.1, 0.15) is 31.1 Å². The molecule has 0 aliphatic rings. The number of carbonyl (C=O) groups excluding carboxylic acids is 1. The van der Waals surface area contributed by atoms with Crippen LogP contribution < -0.4 is 10.6 Å². The number of halogens is 1. The molecule has 0 aliphatic carbocycles. The number of nitrogens with zero attached hydrogens (tertiary/aromatic N) is 1. The molecule has 2 rings (SSSR count). The molecule has 1 amide bonds. The molecule has 0 unspecified atom stereocenters. The predicted molar refractivity (Wildman–Crippen MR) is 77.3 cm³/mol. The number of aromatic nitrogens is 1. The zero-order valence-corrected chi connectivity index (χ0v) is 12.2. The number of aryl methyl sites for hydroxylation is 1. The highest BCUT2D eigenvalue weighted by Crippen LogP contribution is 2.17. The average Bonchev–Trinajstić information content (AvgIpc) is 2.84. The third-order valence-electron chi connectivity index (χ3n) is 3.14. The number of anilines is 1. The van der Waals surface area contributed by atoms with E-state index in [0.29, 0.717) is 17.1 Å². The summed E-state index contributed by atoms with van der Waals surface area (Å²) in [5.74, 6) is -0.269. The summed E-state index contributed by atoms with van der Waals surface area (Å²) >= 11 is 0. The monoisotopic (exact) mass is 291 g/mol. The van der Waals surface area contributed by atoms with E-state index in [9.17, 15) is 9.18 Å². The highest BCUT2D eigenvalue weighted by Gasteiger charge is 2.19. The Hall–Kier alpha value is -2.21. The van der Waals surface area contributed by atoms with Gasteiger partial charge in [-0.1, -0.05) is 23.4 Å². The third kappa shape index (κ3) is 3.88. The van der Waals surface area contributed by atoms with Crippen molar-refractivity contribution in [3.63, 3.8) is 0 Å². The van der Waals surface area contributed by atoms with Crippen LogP contribution in [0.4, 0.5) is 10.3 Å². The average molecular weight is 291 g/mol. The van der Waals surface area contributed by atoms with Crippen molar-refractivity contribution in [3.05, 3.63) is 47.4 Å². The maximum atomic E-state index is 13.7. The molecule has 21 heavy (non-hydrogen) atoms. The highest BCUT2D eigenvalue weighted by molar-refractivity contribution is 5.93. The summed E-state index contributed by atoms with van der Waals surface area (Å²) < 4.78 is 18.6. The summed E-state index contributed by atoms with van der Waals surface area (Å²) in [7, 11) is 0. The van der Waals surface area contributed by atoms with E-state index < -0.39 is 6.04 Å². The molecule has 0 aliphatic heterocycles. The lowest BCUT2D eigenvalue weighted by molar-refractivity contribution is -0.118. The largest absolute Gasteiger partial charge is 0.338 e. The van der Waals surface area contributed by atoms with E-state index in [4.69, 9.17) is 4.52 Å².